The fourth-order valence-corrected chi connectivity index (χ4v) is 1.99. The van der Waals surface area contributed by atoms with Crippen LogP contribution in [0.15, 0.2) is 36.4 Å². The predicted octanol–water partition coefficient (Wildman–Crippen LogP) is 2.77. The third kappa shape index (κ3) is 4.99. The van der Waals surface area contributed by atoms with Crippen LogP contribution in [0, 0.1) is 0 Å². The highest BCUT2D eigenvalue weighted by atomic mass is 17.2. The summed E-state index contributed by atoms with van der Waals surface area (Å²) in [6.45, 7) is 6.47. The van der Waals surface area contributed by atoms with Crippen LogP contribution in [-0.2, 0) is 30.5 Å². The van der Waals surface area contributed by atoms with Crippen LogP contribution in [0.2, 0.25) is 0 Å². The molecule has 6 heteroatoms. The Morgan fingerprint density at radius 1 is 1.04 bits per heavy atom. The summed E-state index contributed by atoms with van der Waals surface area (Å²) in [5, 5.41) is 0. The fraction of sp³-hybridized carbons (Fsp3) is 0.444. The van der Waals surface area contributed by atoms with Crippen LogP contribution in [-0.4, -0.2) is 30.8 Å². The van der Waals surface area contributed by atoms with Gasteiger partial charge in [-0.1, -0.05) is 19.1 Å². The first kappa shape index (κ1) is 18.3. The number of rotatable bonds is 9. The van der Waals surface area contributed by atoms with Crippen LogP contribution in [0.4, 0.5) is 5.69 Å². The van der Waals surface area contributed by atoms with E-state index in [2.05, 4.69) is 0 Å². The highest BCUT2D eigenvalue weighted by Crippen LogP contribution is 2.19. The first-order valence-corrected chi connectivity index (χ1v) is 7.96. The Morgan fingerprint density at radius 2 is 1.67 bits per heavy atom. The summed E-state index contributed by atoms with van der Waals surface area (Å²) in [5.41, 5.74) is 1.29. The van der Waals surface area contributed by atoms with Crippen molar-refractivity contribution in [1.29, 1.82) is 0 Å². The standard InChI is InChI=1S/C18H23NO5/c1-4-18(2,3)24-23-13-22-12-11-14-5-7-15(8-6-14)19-16(20)9-10-17(19)21/h5-10H,4,11-13H2,1-3H3. The van der Waals surface area contributed by atoms with Crippen LogP contribution in [0.3, 0.4) is 0 Å². The minimum Gasteiger partial charge on any atom is -0.352 e. The van der Waals surface area contributed by atoms with Gasteiger partial charge in [0.1, 0.15) is 0 Å². The summed E-state index contributed by atoms with van der Waals surface area (Å²) in [6.07, 6.45) is 4.08. The number of amides is 2. The van der Waals surface area contributed by atoms with E-state index in [0.717, 1.165) is 16.9 Å². The van der Waals surface area contributed by atoms with Crippen molar-refractivity contribution in [3.63, 3.8) is 0 Å². The van der Waals surface area contributed by atoms with E-state index in [1.54, 1.807) is 12.1 Å². The van der Waals surface area contributed by atoms with Gasteiger partial charge >= 0.3 is 0 Å². The molecular formula is C18H23NO5. The van der Waals surface area contributed by atoms with Gasteiger partial charge in [0.2, 0.25) is 0 Å². The van der Waals surface area contributed by atoms with Crippen LogP contribution < -0.4 is 4.90 Å². The third-order valence-corrected chi connectivity index (χ3v) is 3.81. The zero-order valence-electron chi connectivity index (χ0n) is 14.3. The number of nitrogens with zero attached hydrogens (tertiary/aromatic N) is 1. The zero-order valence-corrected chi connectivity index (χ0v) is 14.3. The van der Waals surface area contributed by atoms with E-state index in [1.165, 1.54) is 12.2 Å². The number of hydrogen-bond donors (Lipinski definition) is 0. The summed E-state index contributed by atoms with van der Waals surface area (Å²) < 4.78 is 5.37. The van der Waals surface area contributed by atoms with Crippen molar-refractivity contribution in [2.75, 3.05) is 18.3 Å². The molecule has 24 heavy (non-hydrogen) atoms. The number of imide groups is 1. The van der Waals surface area contributed by atoms with Crippen molar-refractivity contribution < 1.29 is 24.1 Å². The van der Waals surface area contributed by atoms with Gasteiger partial charge in [0.15, 0.2) is 6.79 Å². The Bertz CT molecular complexity index is 588. The second-order valence-electron chi connectivity index (χ2n) is 6.10. The van der Waals surface area contributed by atoms with Gasteiger partial charge in [0, 0.05) is 12.2 Å². The van der Waals surface area contributed by atoms with Crippen LogP contribution in [0.25, 0.3) is 0 Å². The highest BCUT2D eigenvalue weighted by Gasteiger charge is 2.24. The smallest absolute Gasteiger partial charge is 0.258 e. The molecule has 0 unspecified atom stereocenters. The molecule has 1 aromatic carbocycles. The van der Waals surface area contributed by atoms with Crippen LogP contribution in [0.5, 0.6) is 0 Å². The molecule has 0 saturated carbocycles. The maximum Gasteiger partial charge on any atom is 0.258 e. The lowest BCUT2D eigenvalue weighted by Gasteiger charge is -2.21. The van der Waals surface area contributed by atoms with Crippen LogP contribution in [0.1, 0.15) is 32.8 Å². The van der Waals surface area contributed by atoms with E-state index < -0.39 is 0 Å². The van der Waals surface area contributed by atoms with Crippen molar-refractivity contribution in [3.05, 3.63) is 42.0 Å². The molecule has 130 valence electrons. The summed E-state index contributed by atoms with van der Waals surface area (Å²) in [5.74, 6) is -0.633. The zero-order chi connectivity index (χ0) is 17.6. The van der Waals surface area contributed by atoms with Gasteiger partial charge in [-0.05, 0) is 44.4 Å². The predicted molar refractivity (Wildman–Crippen MR) is 89.1 cm³/mol. The maximum absolute atomic E-state index is 11.6. The molecule has 0 saturated heterocycles. The maximum atomic E-state index is 11.6. The lowest BCUT2D eigenvalue weighted by molar-refractivity contribution is -0.384. The Hall–Kier alpha value is -2.02. The summed E-state index contributed by atoms with van der Waals surface area (Å²) in [7, 11) is 0. The molecule has 6 nitrogen and oxygen atoms in total. The van der Waals surface area contributed by atoms with Crippen molar-refractivity contribution in [3.8, 4) is 0 Å². The van der Waals surface area contributed by atoms with Gasteiger partial charge in [-0.3, -0.25) is 9.59 Å². The number of hydrogen-bond acceptors (Lipinski definition) is 5. The Kier molecular flexibility index (Phi) is 6.25. The van der Waals surface area contributed by atoms with Gasteiger partial charge in [0.05, 0.1) is 17.9 Å². The molecular weight excluding hydrogens is 310 g/mol. The molecule has 1 aliphatic heterocycles. The highest BCUT2D eigenvalue weighted by molar-refractivity contribution is 6.28. The first-order valence-electron chi connectivity index (χ1n) is 7.96. The minimum atomic E-state index is -0.321. The molecule has 1 aromatic rings. The molecule has 0 atom stereocenters. The SMILES string of the molecule is CCC(C)(C)OOCOCCc1ccc(N2C(=O)C=CC2=O)cc1. The number of carbonyl (C=O) groups excluding carboxylic acids is 2. The average Bonchev–Trinajstić information content (AvgIpc) is 2.90. The van der Waals surface area contributed by atoms with E-state index in [4.69, 9.17) is 14.5 Å². The van der Waals surface area contributed by atoms with Gasteiger partial charge in [-0.15, -0.1) is 0 Å². The van der Waals surface area contributed by atoms with Crippen molar-refractivity contribution in [2.24, 2.45) is 0 Å². The van der Waals surface area contributed by atoms with Gasteiger partial charge < -0.3 is 4.74 Å². The summed E-state index contributed by atoms with van der Waals surface area (Å²) in [4.78, 5) is 34.6. The fourth-order valence-electron chi connectivity index (χ4n) is 1.99. The molecule has 1 heterocycles. The van der Waals surface area contributed by atoms with Crippen molar-refractivity contribution in [2.45, 2.75) is 39.2 Å². The Balaban J connectivity index is 1.71. The number of anilines is 1. The van der Waals surface area contributed by atoms with Crippen LogP contribution >= 0.6 is 0 Å². The minimum absolute atomic E-state index is 0.0734. The molecule has 0 spiro atoms. The Morgan fingerprint density at radius 3 is 2.25 bits per heavy atom. The van der Waals surface area contributed by atoms with Gasteiger partial charge in [-0.25, -0.2) is 14.7 Å². The van der Waals surface area contributed by atoms with Gasteiger partial charge in [0.25, 0.3) is 11.8 Å². The van der Waals surface area contributed by atoms with Crippen molar-refractivity contribution >= 4 is 17.5 Å². The quantitative estimate of drug-likeness (QED) is 0.229. The topological polar surface area (TPSA) is 65.1 Å². The third-order valence-electron chi connectivity index (χ3n) is 3.81. The second kappa shape index (κ2) is 8.19. The average molecular weight is 333 g/mol. The lowest BCUT2D eigenvalue weighted by Crippen LogP contribution is -2.29. The summed E-state index contributed by atoms with van der Waals surface area (Å²) >= 11 is 0. The molecule has 0 N–H and O–H groups in total. The van der Waals surface area contributed by atoms with Crippen molar-refractivity contribution in [1.82, 2.24) is 0 Å². The first-order chi connectivity index (χ1) is 11.4. The molecule has 0 radical (unpaired) electrons. The van der Waals surface area contributed by atoms with E-state index in [0.29, 0.717) is 18.7 Å². The molecule has 0 aliphatic carbocycles. The van der Waals surface area contributed by atoms with Gasteiger partial charge in [-0.2, -0.15) is 0 Å². The Labute approximate surface area is 141 Å². The number of carbonyl (C=O) groups is 2. The monoisotopic (exact) mass is 333 g/mol. The lowest BCUT2D eigenvalue weighted by atomic mass is 10.1. The van der Waals surface area contributed by atoms with E-state index in [1.807, 2.05) is 32.9 Å². The second-order valence-corrected chi connectivity index (χ2v) is 6.10. The number of benzene rings is 1. The van der Waals surface area contributed by atoms with E-state index in [9.17, 15) is 9.59 Å². The molecule has 0 fully saturated rings. The van der Waals surface area contributed by atoms with E-state index in [-0.39, 0.29) is 24.2 Å². The molecule has 1 aliphatic rings. The molecule has 0 aromatic heterocycles. The van der Waals surface area contributed by atoms with E-state index >= 15 is 0 Å². The number of ether oxygens (including phenoxy) is 1. The summed E-state index contributed by atoms with van der Waals surface area (Å²) in [6, 6.07) is 7.24. The molecule has 0 bridgehead atoms. The molecule has 2 rings (SSSR count). The largest absolute Gasteiger partial charge is 0.352 e. The normalized spacial score (nSPS) is 14.7. The molecule has 2 amide bonds.